The van der Waals surface area contributed by atoms with E-state index in [4.69, 9.17) is 9.47 Å². The molecule has 3 rings (SSSR count). The van der Waals surface area contributed by atoms with Gasteiger partial charge in [-0.05, 0) is 36.5 Å². The third kappa shape index (κ3) is 4.12. The molecular formula is C20H23NO4. The lowest BCUT2D eigenvalue weighted by molar-refractivity contribution is -0.124. The number of nitrogens with one attached hydrogen (secondary N) is 1. The minimum atomic E-state index is -1.03. The van der Waals surface area contributed by atoms with E-state index in [1.165, 1.54) is 0 Å². The van der Waals surface area contributed by atoms with Gasteiger partial charge in [0, 0.05) is 0 Å². The number of methoxy groups -OCH3 is 1. The van der Waals surface area contributed by atoms with E-state index in [1.807, 2.05) is 42.5 Å². The number of carbonyl (C=O) groups is 1. The van der Waals surface area contributed by atoms with Crippen LogP contribution in [0.3, 0.4) is 0 Å². The second-order valence-electron chi connectivity index (χ2n) is 6.28. The fraction of sp³-hybridized carbons (Fsp3) is 0.350. The predicted octanol–water partition coefficient (Wildman–Crippen LogP) is 2.49. The van der Waals surface area contributed by atoms with Crippen LogP contribution in [0.1, 0.15) is 18.4 Å². The highest BCUT2D eigenvalue weighted by Gasteiger charge is 2.45. The SMILES string of the molecule is COc1ccccc1OCC(=O)NC[C@](O)(c1ccccc1)C1CC1. The van der Waals surface area contributed by atoms with Gasteiger partial charge in [-0.15, -0.1) is 0 Å². The van der Waals surface area contributed by atoms with Crippen molar-refractivity contribution >= 4 is 5.91 Å². The molecule has 0 heterocycles. The normalized spacial score (nSPS) is 15.9. The summed E-state index contributed by atoms with van der Waals surface area (Å²) in [7, 11) is 1.55. The molecule has 0 bridgehead atoms. The number of para-hydroxylation sites is 2. The Kier molecular flexibility index (Phi) is 5.24. The lowest BCUT2D eigenvalue weighted by Gasteiger charge is -2.29. The highest BCUT2D eigenvalue weighted by Crippen LogP contribution is 2.45. The molecule has 1 saturated carbocycles. The zero-order valence-electron chi connectivity index (χ0n) is 14.3. The number of carbonyl (C=O) groups excluding carboxylic acids is 1. The van der Waals surface area contributed by atoms with Crippen LogP contribution < -0.4 is 14.8 Å². The molecule has 0 aliphatic heterocycles. The molecule has 1 aliphatic rings. The predicted molar refractivity (Wildman–Crippen MR) is 94.6 cm³/mol. The van der Waals surface area contributed by atoms with Gasteiger partial charge in [-0.25, -0.2) is 0 Å². The zero-order valence-corrected chi connectivity index (χ0v) is 14.3. The van der Waals surface area contributed by atoms with Crippen molar-refractivity contribution in [3.63, 3.8) is 0 Å². The summed E-state index contributed by atoms with van der Waals surface area (Å²) in [5, 5.41) is 13.9. The van der Waals surface area contributed by atoms with Crippen molar-refractivity contribution in [1.82, 2.24) is 5.32 Å². The first-order valence-electron chi connectivity index (χ1n) is 8.44. The van der Waals surface area contributed by atoms with E-state index in [0.717, 1.165) is 18.4 Å². The van der Waals surface area contributed by atoms with Gasteiger partial charge < -0.3 is 19.9 Å². The Bertz CT molecular complexity index is 715. The molecule has 2 aromatic rings. The Morgan fingerprint density at radius 1 is 1.12 bits per heavy atom. The van der Waals surface area contributed by atoms with Crippen molar-refractivity contribution in [3.8, 4) is 11.5 Å². The molecule has 5 heteroatoms. The molecule has 0 unspecified atom stereocenters. The summed E-state index contributed by atoms with van der Waals surface area (Å²) in [5.41, 5.74) is -0.190. The quantitative estimate of drug-likeness (QED) is 0.774. The van der Waals surface area contributed by atoms with Gasteiger partial charge in [0.15, 0.2) is 18.1 Å². The van der Waals surface area contributed by atoms with Crippen molar-refractivity contribution in [3.05, 3.63) is 60.2 Å². The van der Waals surface area contributed by atoms with Crippen LogP contribution in [0.5, 0.6) is 11.5 Å². The summed E-state index contributed by atoms with van der Waals surface area (Å²) in [6.45, 7) is 0.0473. The number of aliphatic hydroxyl groups is 1. The Labute approximate surface area is 147 Å². The summed E-state index contributed by atoms with van der Waals surface area (Å²) in [6, 6.07) is 16.7. The maximum absolute atomic E-state index is 12.1. The summed E-state index contributed by atoms with van der Waals surface area (Å²) in [5.74, 6) is 1.00. The molecule has 0 radical (unpaired) electrons. The van der Waals surface area contributed by atoms with E-state index in [2.05, 4.69) is 5.32 Å². The standard InChI is InChI=1S/C20H23NO4/c1-24-17-9-5-6-10-18(17)25-13-19(22)21-14-20(23,16-11-12-16)15-7-3-2-4-8-15/h2-10,16,23H,11-14H2,1H3,(H,21,22)/t20-/m0/s1. The molecule has 1 aliphatic carbocycles. The summed E-state index contributed by atoms with van der Waals surface area (Å²) < 4.78 is 10.7. The van der Waals surface area contributed by atoms with Crippen LogP contribution in [0.4, 0.5) is 0 Å². The maximum Gasteiger partial charge on any atom is 0.258 e. The molecular weight excluding hydrogens is 318 g/mol. The fourth-order valence-electron chi connectivity index (χ4n) is 2.94. The van der Waals surface area contributed by atoms with Gasteiger partial charge in [0.1, 0.15) is 5.60 Å². The third-order valence-electron chi connectivity index (χ3n) is 4.51. The molecule has 5 nitrogen and oxygen atoms in total. The summed E-state index contributed by atoms with van der Waals surface area (Å²) in [4.78, 5) is 12.1. The number of ether oxygens (including phenoxy) is 2. The first kappa shape index (κ1) is 17.3. The minimum absolute atomic E-state index is 0.129. The van der Waals surface area contributed by atoms with Crippen molar-refractivity contribution in [1.29, 1.82) is 0 Å². The van der Waals surface area contributed by atoms with Crippen molar-refractivity contribution in [2.45, 2.75) is 18.4 Å². The number of amides is 1. The highest BCUT2D eigenvalue weighted by atomic mass is 16.5. The topological polar surface area (TPSA) is 67.8 Å². The van der Waals surface area contributed by atoms with Crippen LogP contribution in [-0.4, -0.2) is 31.3 Å². The van der Waals surface area contributed by atoms with E-state index < -0.39 is 5.60 Å². The van der Waals surface area contributed by atoms with Crippen LogP contribution in [-0.2, 0) is 10.4 Å². The molecule has 0 spiro atoms. The van der Waals surface area contributed by atoms with Gasteiger partial charge in [0.25, 0.3) is 5.91 Å². The van der Waals surface area contributed by atoms with Crippen LogP contribution in [0.25, 0.3) is 0 Å². The number of benzene rings is 2. The molecule has 1 atom stereocenters. The minimum Gasteiger partial charge on any atom is -0.493 e. The fourth-order valence-corrected chi connectivity index (χ4v) is 2.94. The van der Waals surface area contributed by atoms with Crippen LogP contribution >= 0.6 is 0 Å². The van der Waals surface area contributed by atoms with Crippen molar-refractivity contribution < 1.29 is 19.4 Å². The molecule has 2 aromatic carbocycles. The zero-order chi connectivity index (χ0) is 17.7. The lowest BCUT2D eigenvalue weighted by Crippen LogP contribution is -2.43. The molecule has 132 valence electrons. The third-order valence-corrected chi connectivity index (χ3v) is 4.51. The summed E-state index contributed by atoms with van der Waals surface area (Å²) >= 11 is 0. The first-order chi connectivity index (χ1) is 12.1. The van der Waals surface area contributed by atoms with Gasteiger partial charge in [-0.3, -0.25) is 4.79 Å². The Morgan fingerprint density at radius 3 is 2.40 bits per heavy atom. The number of hydrogen-bond acceptors (Lipinski definition) is 4. The second-order valence-corrected chi connectivity index (χ2v) is 6.28. The van der Waals surface area contributed by atoms with Crippen molar-refractivity contribution in [2.75, 3.05) is 20.3 Å². The van der Waals surface area contributed by atoms with E-state index >= 15 is 0 Å². The highest BCUT2D eigenvalue weighted by molar-refractivity contribution is 5.77. The molecule has 1 fully saturated rings. The largest absolute Gasteiger partial charge is 0.493 e. The Hall–Kier alpha value is -2.53. The molecule has 0 aromatic heterocycles. The van der Waals surface area contributed by atoms with E-state index in [0.29, 0.717) is 11.5 Å². The van der Waals surface area contributed by atoms with Gasteiger partial charge in [-0.1, -0.05) is 42.5 Å². The van der Waals surface area contributed by atoms with Gasteiger partial charge >= 0.3 is 0 Å². The monoisotopic (exact) mass is 341 g/mol. The van der Waals surface area contributed by atoms with E-state index in [1.54, 1.807) is 19.2 Å². The first-order valence-corrected chi connectivity index (χ1v) is 8.44. The van der Waals surface area contributed by atoms with Crippen LogP contribution in [0.15, 0.2) is 54.6 Å². The van der Waals surface area contributed by atoms with E-state index in [9.17, 15) is 9.90 Å². The Morgan fingerprint density at radius 2 is 1.76 bits per heavy atom. The smallest absolute Gasteiger partial charge is 0.258 e. The number of hydrogen-bond donors (Lipinski definition) is 2. The number of rotatable bonds is 8. The molecule has 0 saturated heterocycles. The second kappa shape index (κ2) is 7.57. The molecule has 25 heavy (non-hydrogen) atoms. The summed E-state index contributed by atoms with van der Waals surface area (Å²) in [6.07, 6.45) is 1.94. The Balaban J connectivity index is 1.57. The van der Waals surface area contributed by atoms with Gasteiger partial charge in [-0.2, -0.15) is 0 Å². The van der Waals surface area contributed by atoms with Gasteiger partial charge in [0.05, 0.1) is 13.7 Å². The van der Waals surface area contributed by atoms with Crippen LogP contribution in [0, 0.1) is 5.92 Å². The lowest BCUT2D eigenvalue weighted by atomic mass is 9.88. The maximum atomic E-state index is 12.1. The molecule has 1 amide bonds. The van der Waals surface area contributed by atoms with E-state index in [-0.39, 0.29) is 25.0 Å². The average Bonchev–Trinajstić information content (AvgIpc) is 3.51. The van der Waals surface area contributed by atoms with Crippen LogP contribution in [0.2, 0.25) is 0 Å². The van der Waals surface area contributed by atoms with Crippen molar-refractivity contribution in [2.24, 2.45) is 5.92 Å². The average molecular weight is 341 g/mol. The van der Waals surface area contributed by atoms with Gasteiger partial charge in [0.2, 0.25) is 0 Å². The molecule has 2 N–H and O–H groups in total.